The first-order chi connectivity index (χ1) is 8.48. The minimum atomic E-state index is -0.195. The molecule has 0 atom stereocenters. The van der Waals surface area contributed by atoms with Gasteiger partial charge in [0.1, 0.15) is 0 Å². The standard InChI is InChI=1S/C17H35N/c1-5-6-7-8-9-10-11-12-13-14-15-16(2)17(3,4)18/h2,5-15,18H2,1,3-4H3. The zero-order valence-corrected chi connectivity index (χ0v) is 13.1. The Bertz CT molecular complexity index is 200. The van der Waals surface area contributed by atoms with Crippen molar-refractivity contribution >= 4 is 0 Å². The molecule has 1 heteroatoms. The van der Waals surface area contributed by atoms with Gasteiger partial charge in [-0.15, -0.1) is 0 Å². The van der Waals surface area contributed by atoms with Crippen LogP contribution in [0.1, 0.15) is 91.4 Å². The van der Waals surface area contributed by atoms with Crippen molar-refractivity contribution in [2.45, 2.75) is 96.9 Å². The average Bonchev–Trinajstić information content (AvgIpc) is 2.30. The van der Waals surface area contributed by atoms with E-state index in [1.807, 2.05) is 13.8 Å². The molecule has 0 saturated carbocycles. The van der Waals surface area contributed by atoms with Crippen LogP contribution in [-0.2, 0) is 0 Å². The molecule has 0 aliphatic heterocycles. The van der Waals surface area contributed by atoms with Gasteiger partial charge in [-0.1, -0.05) is 76.9 Å². The molecule has 0 aromatic carbocycles. The molecule has 0 rings (SSSR count). The van der Waals surface area contributed by atoms with Crippen LogP contribution in [0.5, 0.6) is 0 Å². The van der Waals surface area contributed by atoms with E-state index in [0.29, 0.717) is 0 Å². The van der Waals surface area contributed by atoms with Crippen molar-refractivity contribution in [3.63, 3.8) is 0 Å². The largest absolute Gasteiger partial charge is 0.322 e. The van der Waals surface area contributed by atoms with Gasteiger partial charge in [0.2, 0.25) is 0 Å². The maximum atomic E-state index is 6.00. The normalized spacial score (nSPS) is 11.8. The molecule has 0 aliphatic carbocycles. The minimum absolute atomic E-state index is 0.195. The maximum Gasteiger partial charge on any atom is 0.0308 e. The van der Waals surface area contributed by atoms with Gasteiger partial charge in [0.25, 0.3) is 0 Å². The van der Waals surface area contributed by atoms with Crippen molar-refractivity contribution in [3.05, 3.63) is 12.2 Å². The Hall–Kier alpha value is -0.300. The van der Waals surface area contributed by atoms with Crippen LogP contribution in [-0.4, -0.2) is 5.54 Å². The van der Waals surface area contributed by atoms with E-state index in [0.717, 1.165) is 6.42 Å². The molecular formula is C17H35N. The molecule has 0 heterocycles. The van der Waals surface area contributed by atoms with Crippen LogP contribution >= 0.6 is 0 Å². The maximum absolute atomic E-state index is 6.00. The molecule has 0 bridgehead atoms. The molecule has 0 radical (unpaired) electrons. The molecule has 108 valence electrons. The molecule has 0 fully saturated rings. The molecule has 0 amide bonds. The van der Waals surface area contributed by atoms with Gasteiger partial charge in [-0.25, -0.2) is 0 Å². The highest BCUT2D eigenvalue weighted by molar-refractivity contribution is 5.10. The van der Waals surface area contributed by atoms with E-state index < -0.39 is 0 Å². The Morgan fingerprint density at radius 2 is 1.22 bits per heavy atom. The number of hydrogen-bond acceptors (Lipinski definition) is 1. The van der Waals surface area contributed by atoms with E-state index >= 15 is 0 Å². The third kappa shape index (κ3) is 10.8. The summed E-state index contributed by atoms with van der Waals surface area (Å²) in [5, 5.41) is 0. The van der Waals surface area contributed by atoms with Crippen LogP contribution in [0.15, 0.2) is 12.2 Å². The Balaban J connectivity index is 3.19. The molecular weight excluding hydrogens is 218 g/mol. The summed E-state index contributed by atoms with van der Waals surface area (Å²) in [5.41, 5.74) is 7.00. The van der Waals surface area contributed by atoms with Gasteiger partial charge in [0, 0.05) is 5.54 Å². The fraction of sp³-hybridized carbons (Fsp3) is 0.882. The summed E-state index contributed by atoms with van der Waals surface area (Å²) < 4.78 is 0. The van der Waals surface area contributed by atoms with Gasteiger partial charge in [0.05, 0.1) is 0 Å². The molecule has 0 aromatic rings. The van der Waals surface area contributed by atoms with Crippen molar-refractivity contribution in [2.75, 3.05) is 0 Å². The summed E-state index contributed by atoms with van der Waals surface area (Å²) in [4.78, 5) is 0. The van der Waals surface area contributed by atoms with Gasteiger partial charge in [-0.05, 0) is 26.7 Å². The van der Waals surface area contributed by atoms with E-state index in [1.165, 1.54) is 69.8 Å². The summed E-state index contributed by atoms with van der Waals surface area (Å²) in [6, 6.07) is 0. The lowest BCUT2D eigenvalue weighted by Crippen LogP contribution is -2.33. The van der Waals surface area contributed by atoms with E-state index in [1.54, 1.807) is 0 Å². The van der Waals surface area contributed by atoms with E-state index in [4.69, 9.17) is 5.73 Å². The molecule has 0 aliphatic rings. The molecule has 0 aromatic heterocycles. The molecule has 2 N–H and O–H groups in total. The van der Waals surface area contributed by atoms with Crippen LogP contribution in [0.4, 0.5) is 0 Å². The Kier molecular flexibility index (Phi) is 10.4. The summed E-state index contributed by atoms with van der Waals surface area (Å²) in [6.45, 7) is 10.4. The quantitative estimate of drug-likeness (QED) is 0.356. The monoisotopic (exact) mass is 253 g/mol. The summed E-state index contributed by atoms with van der Waals surface area (Å²) in [6.07, 6.45) is 15.0. The second-order valence-electron chi connectivity index (χ2n) is 6.26. The molecule has 0 unspecified atom stereocenters. The van der Waals surface area contributed by atoms with Crippen molar-refractivity contribution in [3.8, 4) is 0 Å². The van der Waals surface area contributed by atoms with Gasteiger partial charge in [-0.3, -0.25) is 0 Å². The Morgan fingerprint density at radius 3 is 1.61 bits per heavy atom. The number of rotatable bonds is 12. The summed E-state index contributed by atoms with van der Waals surface area (Å²) in [5.74, 6) is 0. The van der Waals surface area contributed by atoms with Gasteiger partial charge < -0.3 is 5.73 Å². The fourth-order valence-corrected chi connectivity index (χ4v) is 2.15. The highest BCUT2D eigenvalue weighted by Crippen LogP contribution is 2.18. The number of hydrogen-bond donors (Lipinski definition) is 1. The molecule has 1 nitrogen and oxygen atoms in total. The Morgan fingerprint density at radius 1 is 0.833 bits per heavy atom. The zero-order valence-electron chi connectivity index (χ0n) is 13.1. The summed E-state index contributed by atoms with van der Waals surface area (Å²) >= 11 is 0. The smallest absolute Gasteiger partial charge is 0.0308 e. The predicted octanol–water partition coefficient (Wildman–Crippen LogP) is 5.59. The number of unbranched alkanes of at least 4 members (excludes halogenated alkanes) is 9. The topological polar surface area (TPSA) is 26.0 Å². The first-order valence-electron chi connectivity index (χ1n) is 7.95. The average molecular weight is 253 g/mol. The van der Waals surface area contributed by atoms with E-state index in [9.17, 15) is 0 Å². The Labute approximate surface area is 115 Å². The number of nitrogens with two attached hydrogens (primary N) is 1. The van der Waals surface area contributed by atoms with Crippen LogP contribution in [0.3, 0.4) is 0 Å². The van der Waals surface area contributed by atoms with E-state index in [-0.39, 0.29) is 5.54 Å². The molecule has 0 spiro atoms. The lowest BCUT2D eigenvalue weighted by molar-refractivity contribution is 0.536. The van der Waals surface area contributed by atoms with Gasteiger partial charge in [0.15, 0.2) is 0 Å². The van der Waals surface area contributed by atoms with E-state index in [2.05, 4.69) is 13.5 Å². The first kappa shape index (κ1) is 17.7. The summed E-state index contributed by atoms with van der Waals surface area (Å²) in [7, 11) is 0. The van der Waals surface area contributed by atoms with Crippen molar-refractivity contribution < 1.29 is 0 Å². The fourth-order valence-electron chi connectivity index (χ4n) is 2.15. The van der Waals surface area contributed by atoms with Crippen LogP contribution in [0.2, 0.25) is 0 Å². The van der Waals surface area contributed by atoms with Crippen LogP contribution < -0.4 is 5.73 Å². The first-order valence-corrected chi connectivity index (χ1v) is 7.95. The van der Waals surface area contributed by atoms with Crippen molar-refractivity contribution in [1.82, 2.24) is 0 Å². The minimum Gasteiger partial charge on any atom is -0.322 e. The lowest BCUT2D eigenvalue weighted by atomic mass is 9.92. The second-order valence-corrected chi connectivity index (χ2v) is 6.26. The third-order valence-corrected chi connectivity index (χ3v) is 3.74. The lowest BCUT2D eigenvalue weighted by Gasteiger charge is -2.21. The third-order valence-electron chi connectivity index (χ3n) is 3.74. The second kappa shape index (κ2) is 10.6. The van der Waals surface area contributed by atoms with Gasteiger partial charge in [-0.2, -0.15) is 0 Å². The van der Waals surface area contributed by atoms with Gasteiger partial charge >= 0.3 is 0 Å². The molecule has 0 saturated heterocycles. The van der Waals surface area contributed by atoms with Crippen LogP contribution in [0.25, 0.3) is 0 Å². The van der Waals surface area contributed by atoms with Crippen LogP contribution in [0, 0.1) is 0 Å². The highest BCUT2D eigenvalue weighted by atomic mass is 14.7. The highest BCUT2D eigenvalue weighted by Gasteiger charge is 2.14. The SMILES string of the molecule is C=C(CCCCCCCCCCCC)C(C)(C)N. The van der Waals surface area contributed by atoms with Crippen molar-refractivity contribution in [1.29, 1.82) is 0 Å². The predicted molar refractivity (Wildman–Crippen MR) is 83.9 cm³/mol. The zero-order chi connectivity index (χ0) is 13.9. The molecule has 18 heavy (non-hydrogen) atoms. The van der Waals surface area contributed by atoms with Crippen molar-refractivity contribution in [2.24, 2.45) is 5.73 Å².